The van der Waals surface area contributed by atoms with E-state index in [1.165, 1.54) is 0 Å². The Hall–Kier alpha value is -6.67. The third kappa shape index (κ3) is 42.0. The van der Waals surface area contributed by atoms with E-state index in [2.05, 4.69) is 103 Å². The predicted octanol–water partition coefficient (Wildman–Crippen LogP) is 14.0. The number of ether oxygens (including phenoxy) is 7. The Kier molecular flexibility index (Phi) is 37.0. The van der Waals surface area contributed by atoms with Gasteiger partial charge in [-0.1, -0.05) is 166 Å². The van der Waals surface area contributed by atoms with Gasteiger partial charge in [0, 0.05) is 96.1 Å². The van der Waals surface area contributed by atoms with Gasteiger partial charge in [-0.3, -0.25) is 33.6 Å². The van der Waals surface area contributed by atoms with E-state index in [9.17, 15) is 33.6 Å². The van der Waals surface area contributed by atoms with E-state index >= 15 is 0 Å². The van der Waals surface area contributed by atoms with Crippen molar-refractivity contribution in [2.45, 2.75) is 237 Å². The second-order valence-corrected chi connectivity index (χ2v) is 40.2. The Morgan fingerprint density at radius 1 is 0.394 bits per heavy atom. The number of carbonyl (C=O) groups is 7. The summed E-state index contributed by atoms with van der Waals surface area (Å²) in [4.78, 5) is 93.2. The largest absolute Gasteiger partial charge is 0.492 e. The van der Waals surface area contributed by atoms with Crippen molar-refractivity contribution in [3.8, 4) is 28.7 Å². The first-order chi connectivity index (χ1) is 49.9. The minimum Gasteiger partial charge on any atom is -0.492 e. The van der Waals surface area contributed by atoms with Crippen LogP contribution in [0.4, 0.5) is 0 Å². The summed E-state index contributed by atoms with van der Waals surface area (Å²) in [5.74, 6) is 0.593. The molecule has 0 aliphatic heterocycles. The van der Waals surface area contributed by atoms with Crippen LogP contribution in [0.3, 0.4) is 0 Å². The van der Waals surface area contributed by atoms with Gasteiger partial charge in [-0.05, 0) is 121 Å². The van der Waals surface area contributed by atoms with Crippen molar-refractivity contribution in [3.05, 3.63) is 52.9 Å². The van der Waals surface area contributed by atoms with Crippen LogP contribution in [0.2, 0.25) is 0 Å². The Morgan fingerprint density at radius 3 is 1.11 bits per heavy atom. The van der Waals surface area contributed by atoms with Crippen molar-refractivity contribution in [2.75, 3.05) is 112 Å². The van der Waals surface area contributed by atoms with Crippen molar-refractivity contribution in [1.29, 1.82) is 0 Å². The minimum absolute atomic E-state index is 0.00151. The Bertz CT molecular complexity index is 3430. The SMILES string of the molecule is CC(C)(C)CCC(C)(C)C(=O)NCC(C)(C)COCC(C)(C)CC(=O)NCC(C)(C)COCC(C)(C)CC(=O)NCCOc1cc(OCCNC(=O)CC(C)(C)COCC(C)(C)CNC(=O)CC(C)(C)COC(C)(C)CNC(=O)C(C)(C)CCC(C)(C)C)cc(C(=O)NCCOc2ccc(-c3n[nH]c(=S)o3)cc2)c1. The predicted molar refractivity (Wildman–Crippen MR) is 433 cm³/mol. The number of hydrogen-bond donors (Lipinski definition) is 8. The second-order valence-electron chi connectivity index (χ2n) is 39.8. The van der Waals surface area contributed by atoms with Gasteiger partial charge in [0.15, 0.2) is 0 Å². The van der Waals surface area contributed by atoms with E-state index in [0.29, 0.717) is 101 Å². The van der Waals surface area contributed by atoms with Crippen LogP contribution in [0.5, 0.6) is 17.2 Å². The maximum absolute atomic E-state index is 13.7. The van der Waals surface area contributed by atoms with Crippen LogP contribution in [0.25, 0.3) is 11.5 Å². The van der Waals surface area contributed by atoms with E-state index in [0.717, 1.165) is 25.7 Å². The van der Waals surface area contributed by atoms with Crippen molar-refractivity contribution < 1.29 is 71.1 Å². The van der Waals surface area contributed by atoms with Crippen molar-refractivity contribution >= 4 is 53.6 Å². The fourth-order valence-electron chi connectivity index (χ4n) is 11.0. The lowest BCUT2D eigenvalue weighted by molar-refractivity contribution is -0.132. The van der Waals surface area contributed by atoms with Crippen molar-refractivity contribution in [2.24, 2.45) is 59.6 Å². The molecule has 7 amide bonds. The van der Waals surface area contributed by atoms with Crippen LogP contribution in [0.15, 0.2) is 46.9 Å². The van der Waals surface area contributed by atoms with Gasteiger partial charge in [0.2, 0.25) is 41.3 Å². The zero-order valence-electron chi connectivity index (χ0n) is 71.7. The Balaban J connectivity index is 1.48. The molecule has 0 spiro atoms. The van der Waals surface area contributed by atoms with E-state index in [1.54, 1.807) is 42.5 Å². The lowest BCUT2D eigenvalue weighted by Crippen LogP contribution is -2.46. The average Bonchev–Trinajstić information content (AvgIpc) is 1.82. The Morgan fingerprint density at radius 2 is 0.734 bits per heavy atom. The molecule has 0 fully saturated rings. The monoisotopic (exact) mass is 1550 g/mol. The molecule has 0 unspecified atom stereocenters. The fourth-order valence-corrected chi connectivity index (χ4v) is 11.2. The molecule has 0 bridgehead atoms. The fraction of sp³-hybridized carbons (Fsp3) is 0.750. The lowest BCUT2D eigenvalue weighted by atomic mass is 9.79. The Labute approximate surface area is 658 Å². The number of benzene rings is 2. The molecule has 24 nitrogen and oxygen atoms in total. The summed E-state index contributed by atoms with van der Waals surface area (Å²) in [6.07, 6.45) is 4.34. The molecule has 0 saturated heterocycles. The molecule has 3 rings (SSSR count). The first-order valence-electron chi connectivity index (χ1n) is 38.9. The van der Waals surface area contributed by atoms with Crippen LogP contribution in [0, 0.1) is 64.4 Å². The van der Waals surface area contributed by atoms with Gasteiger partial charge in [-0.15, -0.1) is 5.10 Å². The number of hydrogen-bond acceptors (Lipinski definition) is 17. The number of amides is 7. The molecule has 2 aromatic carbocycles. The summed E-state index contributed by atoms with van der Waals surface area (Å²) in [7, 11) is 0. The molecule has 0 aliphatic rings. The van der Waals surface area contributed by atoms with Crippen LogP contribution in [-0.2, 0) is 47.7 Å². The molecule has 0 saturated carbocycles. The van der Waals surface area contributed by atoms with Crippen LogP contribution >= 0.6 is 12.2 Å². The van der Waals surface area contributed by atoms with Crippen LogP contribution in [-0.4, -0.2) is 169 Å². The normalized spacial score (nSPS) is 13.1. The summed E-state index contributed by atoms with van der Waals surface area (Å²) in [6.45, 7) is 57.7. The third-order valence-corrected chi connectivity index (χ3v) is 18.4. The zero-order valence-corrected chi connectivity index (χ0v) is 72.5. The molecule has 8 N–H and O–H groups in total. The summed E-state index contributed by atoms with van der Waals surface area (Å²) >= 11 is 4.99. The number of aromatic nitrogens is 2. The standard InChI is InChI=1S/C84H143N9O15S/c1-73(2,3)31-33-82(21,22)70(99)90-50-81(19,20)57-103-54-77(11,12)46-66(96)88-48-79(15,16)55-101-52-75(7,8)44-64(94)85-35-38-105-62-41-60(68(98)87-37-40-104-61-29-27-59(28-30-61)69-92-93-72(109)108-69)42-63(43-62)106-39-36-86-65(95)45-76(9,10)53-102-56-80(17,18)49-89-67(97)47-78(13,14)58-107-84(25,26)51-91-71(100)83(23,24)34-32-74(4,5)6/h27-30,41-43H,31-40,44-58H2,1-26H3,(H,85,94)(H,86,95)(H,87,98)(H,88,96)(H,89,97)(H,90,99)(H,91,100)(H,93,109). The number of nitrogens with zero attached hydrogens (tertiary/aromatic N) is 1. The number of nitrogens with one attached hydrogen (secondary N) is 8. The number of H-pyrrole nitrogens is 1. The second kappa shape index (κ2) is 41.7. The molecule has 0 radical (unpaired) electrons. The van der Waals surface area contributed by atoms with Crippen LogP contribution < -0.4 is 51.4 Å². The molecular formula is C84H143N9O15S. The van der Waals surface area contributed by atoms with Gasteiger partial charge in [0.25, 0.3) is 10.7 Å². The number of aromatic amines is 1. The highest BCUT2D eigenvalue weighted by molar-refractivity contribution is 7.71. The topological polar surface area (TPSA) is 310 Å². The highest BCUT2D eigenvalue weighted by Crippen LogP contribution is 2.35. The molecule has 620 valence electrons. The van der Waals surface area contributed by atoms with Gasteiger partial charge in [-0.2, -0.15) is 0 Å². The van der Waals surface area contributed by atoms with Crippen molar-refractivity contribution in [1.82, 2.24) is 47.4 Å². The maximum atomic E-state index is 13.7. The highest BCUT2D eigenvalue weighted by Gasteiger charge is 2.36. The smallest absolute Gasteiger partial charge is 0.284 e. The molecule has 1 heterocycles. The molecular weight excluding hydrogens is 1410 g/mol. The summed E-state index contributed by atoms with van der Waals surface area (Å²) in [6, 6.07) is 11.9. The summed E-state index contributed by atoms with van der Waals surface area (Å²) in [5.41, 5.74) is -3.43. The van der Waals surface area contributed by atoms with Gasteiger partial charge in [-0.25, -0.2) is 5.10 Å². The van der Waals surface area contributed by atoms with Crippen molar-refractivity contribution in [3.63, 3.8) is 0 Å². The number of carbonyl (C=O) groups excluding carboxylic acids is 7. The molecule has 1 aromatic heterocycles. The maximum Gasteiger partial charge on any atom is 0.284 e. The van der Waals surface area contributed by atoms with E-state index in [4.69, 9.17) is 49.8 Å². The highest BCUT2D eigenvalue weighted by atomic mass is 32.1. The summed E-state index contributed by atoms with van der Waals surface area (Å²) < 4.78 is 48.3. The third-order valence-electron chi connectivity index (χ3n) is 18.3. The molecule has 109 heavy (non-hydrogen) atoms. The molecule has 3 aromatic rings. The van der Waals surface area contributed by atoms with E-state index in [-0.39, 0.29) is 127 Å². The van der Waals surface area contributed by atoms with E-state index < -0.39 is 54.8 Å². The summed E-state index contributed by atoms with van der Waals surface area (Å²) in [5, 5.41) is 27.8. The average molecular weight is 1550 g/mol. The van der Waals surface area contributed by atoms with Gasteiger partial charge < -0.3 is 74.8 Å². The lowest BCUT2D eigenvalue weighted by Gasteiger charge is -2.34. The zero-order chi connectivity index (χ0) is 82.7. The quantitative estimate of drug-likeness (QED) is 0.0192. The molecule has 0 atom stereocenters. The molecule has 0 aliphatic carbocycles. The molecule has 25 heteroatoms. The minimum atomic E-state index is -0.639. The first-order valence-corrected chi connectivity index (χ1v) is 39.3. The van der Waals surface area contributed by atoms with Gasteiger partial charge in [0.1, 0.15) is 37.1 Å². The van der Waals surface area contributed by atoms with Gasteiger partial charge in [0.05, 0.1) is 71.5 Å². The van der Waals surface area contributed by atoms with E-state index in [1.807, 2.05) is 125 Å². The van der Waals surface area contributed by atoms with Crippen LogP contribution in [0.1, 0.15) is 242 Å². The first kappa shape index (κ1) is 96.5. The van der Waals surface area contributed by atoms with Gasteiger partial charge >= 0.3 is 0 Å². The number of rotatable bonds is 51.